The standard InChI is InChI=1S/C27H32F3NO4/c1-17(2)20-7-9-21(10-8-20)25(32)31-24(26(33)34)15-18-5-13-23(14-6-18)35-16-19-3-11-22(12-4-19)27(28,29)30/h3-6,11-14,17,20-21,24H,7-10,15-16H2,1-2H3,(H,31,32)(H,33,34)/t20?,21?,24-/m1/s1. The Bertz CT molecular complexity index is 979. The van der Waals surface area contributed by atoms with E-state index in [2.05, 4.69) is 19.2 Å². The quantitative estimate of drug-likeness (QED) is 0.461. The lowest BCUT2D eigenvalue weighted by Gasteiger charge is -2.30. The van der Waals surface area contributed by atoms with E-state index in [1.165, 1.54) is 12.1 Å². The third kappa shape index (κ3) is 7.73. The molecule has 2 N–H and O–H groups in total. The molecule has 0 aromatic heterocycles. The van der Waals surface area contributed by atoms with Crippen molar-refractivity contribution in [2.45, 2.75) is 64.8 Å². The summed E-state index contributed by atoms with van der Waals surface area (Å²) in [6.45, 7) is 4.48. The van der Waals surface area contributed by atoms with Gasteiger partial charge in [-0.25, -0.2) is 4.79 Å². The van der Waals surface area contributed by atoms with Crippen LogP contribution >= 0.6 is 0 Å². The number of hydrogen-bond acceptors (Lipinski definition) is 3. The summed E-state index contributed by atoms with van der Waals surface area (Å²) in [7, 11) is 0. The van der Waals surface area contributed by atoms with Crippen molar-refractivity contribution in [2.75, 3.05) is 0 Å². The predicted octanol–water partition coefficient (Wildman–Crippen LogP) is 5.86. The Hall–Kier alpha value is -3.03. The highest BCUT2D eigenvalue weighted by atomic mass is 19.4. The molecule has 0 saturated heterocycles. The number of nitrogens with one attached hydrogen (secondary N) is 1. The fourth-order valence-electron chi connectivity index (χ4n) is 4.45. The predicted molar refractivity (Wildman–Crippen MR) is 126 cm³/mol. The molecule has 1 saturated carbocycles. The van der Waals surface area contributed by atoms with Gasteiger partial charge in [0.1, 0.15) is 18.4 Å². The normalized spacial score (nSPS) is 19.3. The number of benzene rings is 2. The van der Waals surface area contributed by atoms with Crippen molar-refractivity contribution in [1.82, 2.24) is 5.32 Å². The van der Waals surface area contributed by atoms with Crippen LogP contribution in [0.25, 0.3) is 0 Å². The second kappa shape index (κ2) is 11.6. The van der Waals surface area contributed by atoms with E-state index >= 15 is 0 Å². The Morgan fingerprint density at radius 2 is 1.54 bits per heavy atom. The van der Waals surface area contributed by atoms with Gasteiger partial charge in [0.25, 0.3) is 0 Å². The summed E-state index contributed by atoms with van der Waals surface area (Å²) in [5.74, 6) is 0.286. The molecule has 1 aliphatic carbocycles. The van der Waals surface area contributed by atoms with Gasteiger partial charge in [0.2, 0.25) is 5.91 Å². The van der Waals surface area contributed by atoms with Gasteiger partial charge in [-0.2, -0.15) is 13.2 Å². The minimum absolute atomic E-state index is 0.102. The molecule has 0 spiro atoms. The monoisotopic (exact) mass is 491 g/mol. The zero-order valence-corrected chi connectivity index (χ0v) is 20.0. The van der Waals surface area contributed by atoms with Gasteiger partial charge in [-0.1, -0.05) is 38.1 Å². The lowest BCUT2D eigenvalue weighted by atomic mass is 9.76. The van der Waals surface area contributed by atoms with E-state index in [0.29, 0.717) is 23.1 Å². The van der Waals surface area contributed by atoms with Gasteiger partial charge in [-0.05, 0) is 72.9 Å². The molecule has 0 heterocycles. The van der Waals surface area contributed by atoms with Gasteiger partial charge in [-0.15, -0.1) is 0 Å². The van der Waals surface area contributed by atoms with Crippen molar-refractivity contribution in [3.05, 3.63) is 65.2 Å². The molecule has 3 rings (SSSR count). The summed E-state index contributed by atoms with van der Waals surface area (Å²) < 4.78 is 43.6. The summed E-state index contributed by atoms with van der Waals surface area (Å²) in [6, 6.07) is 10.5. The number of ether oxygens (including phenoxy) is 1. The Morgan fingerprint density at radius 3 is 2.06 bits per heavy atom. The average Bonchev–Trinajstić information content (AvgIpc) is 2.82. The van der Waals surface area contributed by atoms with E-state index in [4.69, 9.17) is 4.74 Å². The molecule has 0 radical (unpaired) electrons. The number of rotatable bonds is 9. The van der Waals surface area contributed by atoms with E-state index < -0.39 is 23.8 Å². The first-order valence-corrected chi connectivity index (χ1v) is 11.9. The van der Waals surface area contributed by atoms with Crippen LogP contribution in [0.1, 0.15) is 56.2 Å². The number of halogens is 3. The Balaban J connectivity index is 1.51. The lowest BCUT2D eigenvalue weighted by Crippen LogP contribution is -2.45. The molecular weight excluding hydrogens is 459 g/mol. The number of alkyl halides is 3. The van der Waals surface area contributed by atoms with Crippen LogP contribution in [0.2, 0.25) is 0 Å². The molecule has 8 heteroatoms. The van der Waals surface area contributed by atoms with Crippen LogP contribution in [-0.2, 0) is 28.8 Å². The largest absolute Gasteiger partial charge is 0.489 e. The van der Waals surface area contributed by atoms with E-state index in [-0.39, 0.29) is 24.9 Å². The van der Waals surface area contributed by atoms with Gasteiger partial charge >= 0.3 is 12.1 Å². The fourth-order valence-corrected chi connectivity index (χ4v) is 4.45. The van der Waals surface area contributed by atoms with Crippen LogP contribution in [0.15, 0.2) is 48.5 Å². The molecular formula is C27H32F3NO4. The molecule has 35 heavy (non-hydrogen) atoms. The van der Waals surface area contributed by atoms with Gasteiger partial charge in [0, 0.05) is 12.3 Å². The van der Waals surface area contributed by atoms with E-state index in [1.807, 2.05) is 0 Å². The highest BCUT2D eigenvalue weighted by Crippen LogP contribution is 2.33. The maximum Gasteiger partial charge on any atom is 0.416 e. The van der Waals surface area contributed by atoms with Gasteiger partial charge < -0.3 is 15.2 Å². The van der Waals surface area contributed by atoms with Crippen molar-refractivity contribution >= 4 is 11.9 Å². The van der Waals surface area contributed by atoms with Crippen LogP contribution in [-0.4, -0.2) is 23.0 Å². The van der Waals surface area contributed by atoms with Gasteiger partial charge in [0.05, 0.1) is 5.56 Å². The number of aliphatic carboxylic acids is 1. The maximum absolute atomic E-state index is 12.7. The third-order valence-electron chi connectivity index (χ3n) is 6.75. The van der Waals surface area contributed by atoms with Crippen molar-refractivity contribution < 1.29 is 32.6 Å². The first-order chi connectivity index (χ1) is 16.5. The number of carbonyl (C=O) groups excluding carboxylic acids is 1. The fraction of sp³-hybridized carbons (Fsp3) is 0.481. The Labute approximate surface area is 203 Å². The molecule has 1 fully saturated rings. The van der Waals surface area contributed by atoms with E-state index in [0.717, 1.165) is 43.4 Å². The Kier molecular flexibility index (Phi) is 8.81. The summed E-state index contributed by atoms with van der Waals surface area (Å²) in [5.41, 5.74) is 0.607. The SMILES string of the molecule is CC(C)C1CCC(C(=O)N[C@H](Cc2ccc(OCc3ccc(C(F)(F)F)cc3)cc2)C(=O)O)CC1. The van der Waals surface area contributed by atoms with Crippen molar-refractivity contribution in [1.29, 1.82) is 0 Å². The molecule has 1 aliphatic rings. The second-order valence-corrected chi connectivity index (χ2v) is 9.59. The summed E-state index contributed by atoms with van der Waals surface area (Å²) in [6.07, 6.45) is -0.696. The van der Waals surface area contributed by atoms with Crippen molar-refractivity contribution in [3.63, 3.8) is 0 Å². The zero-order chi connectivity index (χ0) is 25.6. The van der Waals surface area contributed by atoms with Crippen LogP contribution < -0.4 is 10.1 Å². The molecule has 2 aromatic rings. The average molecular weight is 492 g/mol. The zero-order valence-electron chi connectivity index (χ0n) is 20.0. The number of carboxylic acid groups (broad SMARTS) is 1. The molecule has 190 valence electrons. The summed E-state index contributed by atoms with van der Waals surface area (Å²) in [5, 5.41) is 12.3. The molecule has 0 bridgehead atoms. The molecule has 2 aromatic carbocycles. The molecule has 0 unspecified atom stereocenters. The van der Waals surface area contributed by atoms with Crippen molar-refractivity contribution in [2.24, 2.45) is 17.8 Å². The highest BCUT2D eigenvalue weighted by molar-refractivity contribution is 5.85. The molecule has 5 nitrogen and oxygen atoms in total. The topological polar surface area (TPSA) is 75.6 Å². The minimum atomic E-state index is -4.38. The van der Waals surface area contributed by atoms with E-state index in [1.54, 1.807) is 24.3 Å². The molecule has 1 amide bonds. The van der Waals surface area contributed by atoms with Gasteiger partial charge in [-0.3, -0.25) is 4.79 Å². The molecule has 1 atom stereocenters. The van der Waals surface area contributed by atoms with Crippen LogP contribution in [0.5, 0.6) is 5.75 Å². The smallest absolute Gasteiger partial charge is 0.416 e. The first-order valence-electron chi connectivity index (χ1n) is 11.9. The number of amides is 1. The minimum Gasteiger partial charge on any atom is -0.489 e. The number of carbonyl (C=O) groups is 2. The first kappa shape index (κ1) is 26.6. The highest BCUT2D eigenvalue weighted by Gasteiger charge is 2.31. The lowest BCUT2D eigenvalue weighted by molar-refractivity contribution is -0.142. The van der Waals surface area contributed by atoms with Crippen molar-refractivity contribution in [3.8, 4) is 5.75 Å². The van der Waals surface area contributed by atoms with E-state index in [9.17, 15) is 27.9 Å². The van der Waals surface area contributed by atoms with Crippen LogP contribution in [0.3, 0.4) is 0 Å². The van der Waals surface area contributed by atoms with Crippen LogP contribution in [0.4, 0.5) is 13.2 Å². The van der Waals surface area contributed by atoms with Gasteiger partial charge in [0.15, 0.2) is 0 Å². The number of carboxylic acids is 1. The number of hydrogen-bond donors (Lipinski definition) is 2. The second-order valence-electron chi connectivity index (χ2n) is 9.59. The summed E-state index contributed by atoms with van der Waals surface area (Å²) in [4.78, 5) is 24.4. The third-order valence-corrected chi connectivity index (χ3v) is 6.75. The Morgan fingerprint density at radius 1 is 0.971 bits per heavy atom. The molecule has 0 aliphatic heterocycles. The maximum atomic E-state index is 12.7. The van der Waals surface area contributed by atoms with Crippen LogP contribution in [0, 0.1) is 17.8 Å². The summed E-state index contributed by atoms with van der Waals surface area (Å²) >= 11 is 0.